The van der Waals surface area contributed by atoms with Gasteiger partial charge in [0.15, 0.2) is 0 Å². The lowest BCUT2D eigenvalue weighted by Crippen LogP contribution is -2.29. The van der Waals surface area contributed by atoms with Crippen LogP contribution in [0.15, 0.2) is 24.3 Å². The number of para-hydroxylation sites is 2. The molecule has 0 aliphatic heterocycles. The minimum absolute atomic E-state index is 0.250. The summed E-state index contributed by atoms with van der Waals surface area (Å²) >= 11 is 0. The molecule has 80 valence electrons. The summed E-state index contributed by atoms with van der Waals surface area (Å²) < 4.78 is 4.92. The predicted molar refractivity (Wildman–Crippen MR) is 51.2 cm³/mol. The molecule has 0 unspecified atom stereocenters. The molecular weight excluding hydrogens is 198 g/mol. The van der Waals surface area contributed by atoms with E-state index in [-0.39, 0.29) is 5.91 Å². The molecule has 0 heterocycles. The number of carbonyl (C=O) groups is 2. The van der Waals surface area contributed by atoms with Crippen molar-refractivity contribution in [3.8, 4) is 5.75 Å². The molecular formula is C10H10NO4-. The minimum Gasteiger partial charge on any atom is -0.546 e. The van der Waals surface area contributed by atoms with Gasteiger partial charge in [-0.3, -0.25) is 4.79 Å². The Labute approximate surface area is 86.7 Å². The zero-order valence-electron chi connectivity index (χ0n) is 8.15. The lowest BCUT2D eigenvalue weighted by atomic mass is 10.3. The summed E-state index contributed by atoms with van der Waals surface area (Å²) in [6, 6.07) is 6.56. The van der Waals surface area contributed by atoms with Crippen LogP contribution in [0, 0.1) is 0 Å². The first kappa shape index (κ1) is 11.0. The quantitative estimate of drug-likeness (QED) is 0.741. The maximum absolute atomic E-state index is 10.8. The highest BCUT2D eigenvalue weighted by atomic mass is 16.5. The van der Waals surface area contributed by atoms with Crippen molar-refractivity contribution in [1.82, 2.24) is 0 Å². The zero-order chi connectivity index (χ0) is 11.3. The molecule has 1 aromatic rings. The summed E-state index contributed by atoms with van der Waals surface area (Å²) in [5.74, 6) is -1.26. The summed E-state index contributed by atoms with van der Waals surface area (Å²) in [6.45, 7) is 0.812. The van der Waals surface area contributed by atoms with Gasteiger partial charge in [0.05, 0.1) is 11.7 Å². The molecule has 1 amide bonds. The van der Waals surface area contributed by atoms with Crippen LogP contribution in [0.25, 0.3) is 0 Å². The number of ether oxygens (including phenoxy) is 1. The van der Waals surface area contributed by atoms with Gasteiger partial charge in [-0.1, -0.05) is 12.1 Å². The maximum atomic E-state index is 10.8. The molecule has 0 aliphatic carbocycles. The average molecular weight is 208 g/mol. The fraction of sp³-hybridized carbons (Fsp3) is 0.200. The number of benzene rings is 1. The highest BCUT2D eigenvalue weighted by molar-refractivity contribution is 5.90. The van der Waals surface area contributed by atoms with Crippen LogP contribution in [0.4, 0.5) is 5.69 Å². The fourth-order valence-corrected chi connectivity index (χ4v) is 1.02. The first-order chi connectivity index (χ1) is 7.09. The molecule has 5 heteroatoms. The number of carboxylic acid groups (broad SMARTS) is 1. The number of rotatable bonds is 4. The zero-order valence-corrected chi connectivity index (χ0v) is 8.15. The number of nitrogens with one attached hydrogen (secondary N) is 1. The van der Waals surface area contributed by atoms with Gasteiger partial charge in [-0.25, -0.2) is 0 Å². The second kappa shape index (κ2) is 4.99. The van der Waals surface area contributed by atoms with E-state index in [0.29, 0.717) is 11.4 Å². The molecule has 15 heavy (non-hydrogen) atoms. The van der Waals surface area contributed by atoms with Crippen LogP contribution in [0.5, 0.6) is 5.75 Å². The third kappa shape index (κ3) is 3.68. The Balaban J connectivity index is 2.76. The Bertz CT molecular complexity index is 375. The Morgan fingerprint density at radius 3 is 2.67 bits per heavy atom. The molecule has 1 N–H and O–H groups in total. The van der Waals surface area contributed by atoms with Gasteiger partial charge in [-0.15, -0.1) is 0 Å². The Morgan fingerprint density at radius 1 is 1.40 bits per heavy atom. The van der Waals surface area contributed by atoms with Gasteiger partial charge in [0, 0.05) is 6.92 Å². The molecule has 5 nitrogen and oxygen atoms in total. The first-order valence-corrected chi connectivity index (χ1v) is 4.29. The predicted octanol–water partition coefficient (Wildman–Crippen LogP) is -0.226. The van der Waals surface area contributed by atoms with Crippen molar-refractivity contribution in [2.45, 2.75) is 6.92 Å². The van der Waals surface area contributed by atoms with Gasteiger partial charge < -0.3 is 20.0 Å². The first-order valence-electron chi connectivity index (χ1n) is 4.29. The standard InChI is InChI=1S/C10H11NO4/c1-7(12)11-8-4-2-3-5-9(8)15-6-10(13)14/h2-5H,6H2,1H3,(H,11,12)(H,13,14)/p-1. The second-order valence-electron chi connectivity index (χ2n) is 2.84. The molecule has 0 atom stereocenters. The van der Waals surface area contributed by atoms with Crippen molar-refractivity contribution in [3.05, 3.63) is 24.3 Å². The van der Waals surface area contributed by atoms with Gasteiger partial charge in [-0.05, 0) is 12.1 Å². The van der Waals surface area contributed by atoms with E-state index in [2.05, 4.69) is 5.32 Å². The van der Waals surface area contributed by atoms with E-state index < -0.39 is 12.6 Å². The van der Waals surface area contributed by atoms with Crippen LogP contribution < -0.4 is 15.2 Å². The van der Waals surface area contributed by atoms with E-state index in [1.807, 2.05) is 0 Å². The van der Waals surface area contributed by atoms with Crippen LogP contribution >= 0.6 is 0 Å². The fourth-order valence-electron chi connectivity index (χ4n) is 1.02. The van der Waals surface area contributed by atoms with Crippen molar-refractivity contribution < 1.29 is 19.4 Å². The molecule has 0 saturated heterocycles. The summed E-state index contributed by atoms with van der Waals surface area (Å²) in [5.41, 5.74) is 0.436. The van der Waals surface area contributed by atoms with Crippen molar-refractivity contribution in [2.75, 3.05) is 11.9 Å². The maximum Gasteiger partial charge on any atom is 0.221 e. The number of anilines is 1. The number of aliphatic carboxylic acids is 1. The molecule has 0 radical (unpaired) electrons. The van der Waals surface area contributed by atoms with Crippen molar-refractivity contribution in [3.63, 3.8) is 0 Å². The topological polar surface area (TPSA) is 78.5 Å². The number of hydrogen-bond donors (Lipinski definition) is 1. The van der Waals surface area contributed by atoms with Crippen LogP contribution in [0.3, 0.4) is 0 Å². The van der Waals surface area contributed by atoms with Gasteiger partial charge in [0.1, 0.15) is 12.4 Å². The lowest BCUT2D eigenvalue weighted by Gasteiger charge is -2.11. The molecule has 0 bridgehead atoms. The third-order valence-corrected chi connectivity index (χ3v) is 1.54. The van der Waals surface area contributed by atoms with E-state index in [1.54, 1.807) is 24.3 Å². The molecule has 1 aromatic carbocycles. The Morgan fingerprint density at radius 2 is 2.07 bits per heavy atom. The van der Waals surface area contributed by atoms with E-state index >= 15 is 0 Å². The van der Waals surface area contributed by atoms with Gasteiger partial charge in [-0.2, -0.15) is 0 Å². The van der Waals surface area contributed by atoms with Gasteiger partial charge >= 0.3 is 0 Å². The molecule has 0 aliphatic rings. The monoisotopic (exact) mass is 208 g/mol. The second-order valence-corrected chi connectivity index (χ2v) is 2.84. The highest BCUT2D eigenvalue weighted by Crippen LogP contribution is 2.23. The van der Waals surface area contributed by atoms with Crippen LogP contribution in [-0.4, -0.2) is 18.5 Å². The molecule has 0 aromatic heterocycles. The molecule has 0 saturated carbocycles. The summed E-state index contributed by atoms with van der Waals surface area (Å²) in [5, 5.41) is 12.7. The number of carboxylic acids is 1. The normalized spacial score (nSPS) is 9.40. The summed E-state index contributed by atoms with van der Waals surface area (Å²) in [6.07, 6.45) is 0. The van der Waals surface area contributed by atoms with Crippen molar-refractivity contribution >= 4 is 17.6 Å². The van der Waals surface area contributed by atoms with Crippen LogP contribution in [-0.2, 0) is 9.59 Å². The van der Waals surface area contributed by atoms with E-state index in [4.69, 9.17) is 4.74 Å². The Hall–Kier alpha value is -2.04. The number of hydrogen-bond acceptors (Lipinski definition) is 4. The third-order valence-electron chi connectivity index (χ3n) is 1.54. The van der Waals surface area contributed by atoms with E-state index in [9.17, 15) is 14.7 Å². The molecule has 0 spiro atoms. The highest BCUT2D eigenvalue weighted by Gasteiger charge is 2.03. The molecule has 0 fully saturated rings. The van der Waals surface area contributed by atoms with Crippen molar-refractivity contribution in [2.24, 2.45) is 0 Å². The largest absolute Gasteiger partial charge is 0.546 e. The summed E-state index contributed by atoms with van der Waals surface area (Å²) in [4.78, 5) is 21.0. The number of carbonyl (C=O) groups excluding carboxylic acids is 2. The van der Waals surface area contributed by atoms with E-state index in [1.165, 1.54) is 6.92 Å². The summed E-state index contributed by atoms with van der Waals surface area (Å²) in [7, 11) is 0. The smallest absolute Gasteiger partial charge is 0.221 e. The van der Waals surface area contributed by atoms with Gasteiger partial charge in [0.25, 0.3) is 0 Å². The SMILES string of the molecule is CC(=O)Nc1ccccc1OCC(=O)[O-]. The van der Waals surface area contributed by atoms with Gasteiger partial charge in [0.2, 0.25) is 5.91 Å². The minimum atomic E-state index is -1.31. The van der Waals surface area contributed by atoms with Crippen LogP contribution in [0.1, 0.15) is 6.92 Å². The lowest BCUT2D eigenvalue weighted by molar-refractivity contribution is -0.307. The van der Waals surface area contributed by atoms with E-state index in [0.717, 1.165) is 0 Å². The average Bonchev–Trinajstić information content (AvgIpc) is 2.15. The Kier molecular flexibility index (Phi) is 3.68. The number of amides is 1. The molecule has 1 rings (SSSR count). The van der Waals surface area contributed by atoms with Crippen LogP contribution in [0.2, 0.25) is 0 Å². The van der Waals surface area contributed by atoms with Crippen molar-refractivity contribution in [1.29, 1.82) is 0 Å².